The molecule has 0 aromatic heterocycles. The Morgan fingerprint density at radius 3 is 2.50 bits per heavy atom. The first-order chi connectivity index (χ1) is 9.40. The van der Waals surface area contributed by atoms with Gasteiger partial charge in [-0.2, -0.15) is 0 Å². The van der Waals surface area contributed by atoms with Gasteiger partial charge < -0.3 is 10.4 Å². The predicted octanol–water partition coefficient (Wildman–Crippen LogP) is 4.46. The van der Waals surface area contributed by atoms with Crippen molar-refractivity contribution in [2.45, 2.75) is 26.8 Å². The van der Waals surface area contributed by atoms with E-state index < -0.39 is 17.7 Å². The van der Waals surface area contributed by atoms with Crippen molar-refractivity contribution in [1.82, 2.24) is 0 Å². The van der Waals surface area contributed by atoms with Crippen LogP contribution in [-0.4, -0.2) is 5.11 Å². The zero-order valence-electron chi connectivity index (χ0n) is 11.7. The first-order valence-corrected chi connectivity index (χ1v) is 6.40. The molecule has 0 amide bonds. The van der Waals surface area contributed by atoms with Crippen LogP contribution >= 0.6 is 0 Å². The van der Waals surface area contributed by atoms with Crippen LogP contribution in [0, 0.1) is 25.5 Å². The lowest BCUT2D eigenvalue weighted by Crippen LogP contribution is -2.10. The molecule has 0 saturated heterocycles. The molecular weight excluding hydrogens is 260 g/mol. The molecule has 0 radical (unpaired) electrons. The second-order valence-corrected chi connectivity index (χ2v) is 4.98. The molecule has 0 spiro atoms. The van der Waals surface area contributed by atoms with E-state index in [0.717, 1.165) is 5.56 Å². The zero-order chi connectivity index (χ0) is 14.9. The van der Waals surface area contributed by atoms with E-state index in [1.807, 2.05) is 6.92 Å². The maximum Gasteiger partial charge on any atom is 0.152 e. The number of hydrogen-bond donors (Lipinski definition) is 2. The number of aryl methyl sites for hydroxylation is 2. The van der Waals surface area contributed by atoms with Crippen LogP contribution in [-0.2, 0) is 0 Å². The van der Waals surface area contributed by atoms with Gasteiger partial charge in [-0.1, -0.05) is 23.8 Å². The third-order valence-electron chi connectivity index (χ3n) is 3.29. The van der Waals surface area contributed by atoms with Crippen LogP contribution in [0.4, 0.5) is 14.5 Å². The second-order valence-electron chi connectivity index (χ2n) is 4.98. The Bertz CT molecular complexity index is 641. The molecule has 0 aliphatic carbocycles. The van der Waals surface area contributed by atoms with Crippen molar-refractivity contribution < 1.29 is 13.9 Å². The van der Waals surface area contributed by atoms with Gasteiger partial charge in [0.15, 0.2) is 5.82 Å². The van der Waals surface area contributed by atoms with Crippen LogP contribution in [0.3, 0.4) is 0 Å². The molecule has 0 fully saturated rings. The summed E-state index contributed by atoms with van der Waals surface area (Å²) in [6.07, 6.45) is 0. The third-order valence-corrected chi connectivity index (χ3v) is 3.29. The molecule has 0 aliphatic heterocycles. The minimum atomic E-state index is -0.646. The Labute approximate surface area is 117 Å². The van der Waals surface area contributed by atoms with Gasteiger partial charge in [0.25, 0.3) is 0 Å². The molecule has 2 aromatic rings. The predicted molar refractivity (Wildman–Crippen MR) is 76.0 cm³/mol. The molecule has 1 atom stereocenters. The minimum Gasteiger partial charge on any atom is -0.508 e. The molecule has 0 bridgehead atoms. The lowest BCUT2D eigenvalue weighted by Gasteiger charge is -2.19. The number of benzene rings is 2. The fraction of sp³-hybridized carbons (Fsp3) is 0.250. The van der Waals surface area contributed by atoms with Gasteiger partial charge in [0.05, 0.1) is 6.04 Å². The maximum absolute atomic E-state index is 14.0. The zero-order valence-corrected chi connectivity index (χ0v) is 11.7. The van der Waals surface area contributed by atoms with Crippen molar-refractivity contribution >= 4 is 5.69 Å². The lowest BCUT2D eigenvalue weighted by atomic mass is 10.0. The summed E-state index contributed by atoms with van der Waals surface area (Å²) in [7, 11) is 0. The molecule has 0 aliphatic rings. The Balaban J connectivity index is 2.35. The van der Waals surface area contributed by atoms with Crippen molar-refractivity contribution in [1.29, 1.82) is 0 Å². The lowest BCUT2D eigenvalue weighted by molar-refractivity contribution is 0.464. The minimum absolute atomic E-state index is 0.101. The fourth-order valence-electron chi connectivity index (χ4n) is 2.10. The SMILES string of the molecule is Cc1ccc(O)c(C(C)Nc2c(F)ccc(C)c2F)c1. The van der Waals surface area contributed by atoms with Gasteiger partial charge in [0.1, 0.15) is 17.3 Å². The fourth-order valence-corrected chi connectivity index (χ4v) is 2.10. The normalized spacial score (nSPS) is 12.2. The van der Waals surface area contributed by atoms with E-state index in [1.54, 1.807) is 32.0 Å². The van der Waals surface area contributed by atoms with Crippen LogP contribution in [0.1, 0.15) is 29.7 Å². The Morgan fingerprint density at radius 1 is 1.10 bits per heavy atom. The highest BCUT2D eigenvalue weighted by atomic mass is 19.1. The van der Waals surface area contributed by atoms with Crippen LogP contribution < -0.4 is 5.32 Å². The van der Waals surface area contributed by atoms with Crippen LogP contribution in [0.25, 0.3) is 0 Å². The molecule has 20 heavy (non-hydrogen) atoms. The Hall–Kier alpha value is -2.10. The summed E-state index contributed by atoms with van der Waals surface area (Å²) in [6.45, 7) is 5.22. The summed E-state index contributed by atoms with van der Waals surface area (Å²) in [5, 5.41) is 12.6. The van der Waals surface area contributed by atoms with Crippen molar-refractivity contribution in [2.24, 2.45) is 0 Å². The number of phenols is 1. The van der Waals surface area contributed by atoms with Crippen molar-refractivity contribution in [3.05, 3.63) is 58.7 Å². The van der Waals surface area contributed by atoms with Gasteiger partial charge >= 0.3 is 0 Å². The molecular formula is C16H17F2NO. The van der Waals surface area contributed by atoms with E-state index in [-0.39, 0.29) is 11.4 Å². The monoisotopic (exact) mass is 277 g/mol. The molecule has 2 nitrogen and oxygen atoms in total. The third kappa shape index (κ3) is 2.74. The molecule has 0 saturated carbocycles. The number of phenolic OH excluding ortho intramolecular Hbond substituents is 1. The average Bonchev–Trinajstić information content (AvgIpc) is 2.41. The maximum atomic E-state index is 14.0. The smallest absolute Gasteiger partial charge is 0.152 e. The summed E-state index contributed by atoms with van der Waals surface area (Å²) in [5.74, 6) is -1.15. The Kier molecular flexibility index (Phi) is 3.93. The summed E-state index contributed by atoms with van der Waals surface area (Å²) < 4.78 is 27.7. The van der Waals surface area contributed by atoms with Crippen molar-refractivity contribution in [3.63, 3.8) is 0 Å². The second kappa shape index (κ2) is 5.49. The van der Waals surface area contributed by atoms with Gasteiger partial charge in [0.2, 0.25) is 0 Å². The van der Waals surface area contributed by atoms with Gasteiger partial charge in [-0.3, -0.25) is 0 Å². The molecule has 2 N–H and O–H groups in total. The number of halogens is 2. The standard InChI is InChI=1S/C16H17F2NO/c1-9-4-7-14(20)12(8-9)11(3)19-16-13(17)6-5-10(2)15(16)18/h4-8,11,19-20H,1-3H3. The topological polar surface area (TPSA) is 32.3 Å². The van der Waals surface area contributed by atoms with Gasteiger partial charge in [-0.25, -0.2) is 8.78 Å². The molecule has 2 rings (SSSR count). The summed E-state index contributed by atoms with van der Waals surface area (Å²) in [4.78, 5) is 0. The number of rotatable bonds is 3. The van der Waals surface area contributed by atoms with E-state index in [2.05, 4.69) is 5.32 Å². The molecule has 0 heterocycles. The van der Waals surface area contributed by atoms with Crippen LogP contribution in [0.15, 0.2) is 30.3 Å². The van der Waals surface area contributed by atoms with Crippen LogP contribution in [0.5, 0.6) is 5.75 Å². The van der Waals surface area contributed by atoms with Crippen LogP contribution in [0.2, 0.25) is 0 Å². The van der Waals surface area contributed by atoms with Gasteiger partial charge in [-0.15, -0.1) is 0 Å². The van der Waals surface area contributed by atoms with E-state index in [4.69, 9.17) is 0 Å². The number of nitrogens with one attached hydrogen (secondary N) is 1. The summed E-state index contributed by atoms with van der Waals surface area (Å²) >= 11 is 0. The molecule has 4 heteroatoms. The number of aromatic hydroxyl groups is 1. The van der Waals surface area contributed by atoms with Crippen molar-refractivity contribution in [3.8, 4) is 5.75 Å². The first kappa shape index (κ1) is 14.3. The van der Waals surface area contributed by atoms with Crippen molar-refractivity contribution in [2.75, 3.05) is 5.32 Å². The highest BCUT2D eigenvalue weighted by Crippen LogP contribution is 2.30. The molecule has 2 aromatic carbocycles. The summed E-state index contributed by atoms with van der Waals surface area (Å²) in [5.41, 5.74) is 1.77. The van der Waals surface area contributed by atoms with E-state index >= 15 is 0 Å². The Morgan fingerprint density at radius 2 is 1.80 bits per heavy atom. The largest absolute Gasteiger partial charge is 0.508 e. The molecule has 106 valence electrons. The summed E-state index contributed by atoms with van der Waals surface area (Å²) in [6, 6.07) is 7.35. The first-order valence-electron chi connectivity index (χ1n) is 6.40. The number of hydrogen-bond acceptors (Lipinski definition) is 2. The average molecular weight is 277 g/mol. The van der Waals surface area contributed by atoms with E-state index in [0.29, 0.717) is 11.1 Å². The van der Waals surface area contributed by atoms with E-state index in [9.17, 15) is 13.9 Å². The number of anilines is 1. The van der Waals surface area contributed by atoms with E-state index in [1.165, 1.54) is 12.1 Å². The highest BCUT2D eigenvalue weighted by molar-refractivity contribution is 5.52. The highest BCUT2D eigenvalue weighted by Gasteiger charge is 2.16. The molecule has 1 unspecified atom stereocenters. The van der Waals surface area contributed by atoms with Gasteiger partial charge in [0, 0.05) is 5.56 Å². The quantitative estimate of drug-likeness (QED) is 0.868. The van der Waals surface area contributed by atoms with Gasteiger partial charge in [-0.05, 0) is 38.5 Å².